The van der Waals surface area contributed by atoms with Gasteiger partial charge in [-0.15, -0.1) is 5.10 Å². The lowest BCUT2D eigenvalue weighted by atomic mass is 10.1. The summed E-state index contributed by atoms with van der Waals surface area (Å²) in [6, 6.07) is 0. The predicted octanol–water partition coefficient (Wildman–Crippen LogP) is 0.387. The van der Waals surface area contributed by atoms with Gasteiger partial charge in [0.15, 0.2) is 0 Å². The molecule has 1 aliphatic heterocycles. The zero-order chi connectivity index (χ0) is 14.2. The second-order valence-corrected chi connectivity index (χ2v) is 5.71. The molecule has 1 aliphatic rings. The van der Waals surface area contributed by atoms with Crippen molar-refractivity contribution in [2.45, 2.75) is 37.9 Å². The molecule has 2 rings (SSSR count). The second-order valence-electron chi connectivity index (χ2n) is 4.77. The molecule has 20 heavy (non-hydrogen) atoms. The molecule has 0 unspecified atom stereocenters. The molecule has 0 aromatic carbocycles. The summed E-state index contributed by atoms with van der Waals surface area (Å²) in [7, 11) is 0. The number of carbonyl (C=O) groups is 1. The van der Waals surface area contributed by atoms with E-state index in [1.165, 1.54) is 18.2 Å². The molecule has 0 bridgehead atoms. The standard InChI is InChI=1S/C12H22N6OS/c1-2-13-6-9-18-12(14-15-16-18)20-10-11(19)17-7-4-3-5-8-17/h13H,2-10H2,1H3. The van der Waals surface area contributed by atoms with Crippen LogP contribution in [0.1, 0.15) is 26.2 Å². The Hall–Kier alpha value is -1.15. The Bertz CT molecular complexity index is 418. The number of rotatable bonds is 7. The van der Waals surface area contributed by atoms with Crippen molar-refractivity contribution in [2.75, 3.05) is 31.9 Å². The van der Waals surface area contributed by atoms with Crippen LogP contribution in [-0.4, -0.2) is 62.9 Å². The third kappa shape index (κ3) is 4.45. The summed E-state index contributed by atoms with van der Waals surface area (Å²) in [6.07, 6.45) is 3.48. The van der Waals surface area contributed by atoms with Crippen LogP contribution in [0.15, 0.2) is 5.16 Å². The van der Waals surface area contributed by atoms with Crippen molar-refractivity contribution in [2.24, 2.45) is 0 Å². The van der Waals surface area contributed by atoms with Crippen LogP contribution in [0, 0.1) is 0 Å². The fourth-order valence-corrected chi connectivity index (χ4v) is 2.97. The highest BCUT2D eigenvalue weighted by Crippen LogP contribution is 2.16. The lowest BCUT2D eigenvalue weighted by Gasteiger charge is -2.26. The van der Waals surface area contributed by atoms with E-state index in [1.807, 2.05) is 4.90 Å². The summed E-state index contributed by atoms with van der Waals surface area (Å²) in [5.41, 5.74) is 0. The average Bonchev–Trinajstić information content (AvgIpc) is 2.93. The smallest absolute Gasteiger partial charge is 0.233 e. The molecule has 1 amide bonds. The second kappa shape index (κ2) is 8.21. The third-order valence-electron chi connectivity index (χ3n) is 3.28. The first kappa shape index (κ1) is 15.2. The van der Waals surface area contributed by atoms with E-state index < -0.39 is 0 Å². The van der Waals surface area contributed by atoms with Crippen molar-refractivity contribution in [3.63, 3.8) is 0 Å². The zero-order valence-electron chi connectivity index (χ0n) is 11.9. The highest BCUT2D eigenvalue weighted by Gasteiger charge is 2.17. The first-order valence-electron chi connectivity index (χ1n) is 7.18. The minimum Gasteiger partial charge on any atom is -0.342 e. The van der Waals surface area contributed by atoms with Gasteiger partial charge in [0.1, 0.15) is 0 Å². The number of aromatic nitrogens is 4. The molecule has 0 saturated carbocycles. The molecule has 112 valence electrons. The average molecular weight is 298 g/mol. The Morgan fingerprint density at radius 3 is 2.90 bits per heavy atom. The quantitative estimate of drug-likeness (QED) is 0.579. The van der Waals surface area contributed by atoms with Gasteiger partial charge in [0, 0.05) is 19.6 Å². The highest BCUT2D eigenvalue weighted by atomic mass is 32.2. The molecule has 1 N–H and O–H groups in total. The van der Waals surface area contributed by atoms with Gasteiger partial charge in [-0.2, -0.15) is 0 Å². The monoisotopic (exact) mass is 298 g/mol. The van der Waals surface area contributed by atoms with E-state index in [1.54, 1.807) is 4.68 Å². The molecular formula is C12H22N6OS. The number of likely N-dealkylation sites (N-methyl/N-ethyl adjacent to an activating group) is 1. The van der Waals surface area contributed by atoms with Crippen molar-refractivity contribution in [3.05, 3.63) is 0 Å². The number of nitrogens with zero attached hydrogens (tertiary/aromatic N) is 5. The van der Waals surface area contributed by atoms with Crippen LogP contribution in [-0.2, 0) is 11.3 Å². The molecule has 0 radical (unpaired) electrons. The van der Waals surface area contributed by atoms with Crippen LogP contribution in [0.3, 0.4) is 0 Å². The Morgan fingerprint density at radius 1 is 1.35 bits per heavy atom. The number of piperidine rings is 1. The summed E-state index contributed by atoms with van der Waals surface area (Å²) in [5.74, 6) is 0.609. The third-order valence-corrected chi connectivity index (χ3v) is 4.22. The van der Waals surface area contributed by atoms with Gasteiger partial charge >= 0.3 is 0 Å². The van der Waals surface area contributed by atoms with Crippen molar-refractivity contribution < 1.29 is 4.79 Å². The van der Waals surface area contributed by atoms with Gasteiger partial charge in [-0.1, -0.05) is 18.7 Å². The molecule has 0 atom stereocenters. The number of thioether (sulfide) groups is 1. The van der Waals surface area contributed by atoms with Gasteiger partial charge in [0.05, 0.1) is 12.3 Å². The maximum absolute atomic E-state index is 12.1. The van der Waals surface area contributed by atoms with Crippen molar-refractivity contribution >= 4 is 17.7 Å². The number of carbonyl (C=O) groups excluding carboxylic acids is 1. The number of tetrazole rings is 1. The van der Waals surface area contributed by atoms with Gasteiger partial charge in [0.2, 0.25) is 11.1 Å². The normalized spacial score (nSPS) is 15.6. The van der Waals surface area contributed by atoms with Crippen molar-refractivity contribution in [1.82, 2.24) is 30.4 Å². The first-order valence-corrected chi connectivity index (χ1v) is 8.17. The molecule has 0 aliphatic carbocycles. The molecule has 1 aromatic rings. The Kier molecular flexibility index (Phi) is 6.25. The SMILES string of the molecule is CCNCCn1nnnc1SCC(=O)N1CCCCC1. The number of likely N-dealkylation sites (tertiary alicyclic amines) is 1. The van der Waals surface area contributed by atoms with Gasteiger partial charge in [-0.05, 0) is 36.2 Å². The molecule has 8 heteroatoms. The predicted molar refractivity (Wildman–Crippen MR) is 77.5 cm³/mol. The fraction of sp³-hybridized carbons (Fsp3) is 0.833. The van der Waals surface area contributed by atoms with Crippen LogP contribution in [0.5, 0.6) is 0 Å². The Morgan fingerprint density at radius 2 is 2.15 bits per heavy atom. The van der Waals surface area contributed by atoms with E-state index in [0.717, 1.165) is 45.6 Å². The molecule has 7 nitrogen and oxygen atoms in total. The van der Waals surface area contributed by atoms with Crippen LogP contribution >= 0.6 is 11.8 Å². The summed E-state index contributed by atoms with van der Waals surface area (Å²) in [6.45, 7) is 6.33. The van der Waals surface area contributed by atoms with E-state index in [2.05, 4.69) is 27.8 Å². The van der Waals surface area contributed by atoms with Crippen LogP contribution in [0.25, 0.3) is 0 Å². The lowest BCUT2D eigenvalue weighted by Crippen LogP contribution is -2.36. The highest BCUT2D eigenvalue weighted by molar-refractivity contribution is 7.99. The first-order chi connectivity index (χ1) is 9.81. The summed E-state index contributed by atoms with van der Waals surface area (Å²) in [4.78, 5) is 14.0. The van der Waals surface area contributed by atoms with E-state index in [0.29, 0.717) is 10.9 Å². The van der Waals surface area contributed by atoms with Crippen LogP contribution in [0.2, 0.25) is 0 Å². The molecule has 0 spiro atoms. The lowest BCUT2D eigenvalue weighted by molar-refractivity contribution is -0.129. The summed E-state index contributed by atoms with van der Waals surface area (Å²) in [5, 5.41) is 15.6. The molecular weight excluding hydrogens is 276 g/mol. The van der Waals surface area contributed by atoms with Gasteiger partial charge < -0.3 is 10.2 Å². The number of hydrogen-bond donors (Lipinski definition) is 1. The van der Waals surface area contributed by atoms with E-state index >= 15 is 0 Å². The molecule has 1 fully saturated rings. The van der Waals surface area contributed by atoms with E-state index in [-0.39, 0.29) is 5.91 Å². The molecule has 1 saturated heterocycles. The van der Waals surface area contributed by atoms with Crippen molar-refractivity contribution in [1.29, 1.82) is 0 Å². The number of hydrogen-bond acceptors (Lipinski definition) is 6. The summed E-state index contributed by atoms with van der Waals surface area (Å²) < 4.78 is 1.75. The number of amides is 1. The van der Waals surface area contributed by atoms with Gasteiger partial charge in [-0.25, -0.2) is 4.68 Å². The van der Waals surface area contributed by atoms with Crippen molar-refractivity contribution in [3.8, 4) is 0 Å². The van der Waals surface area contributed by atoms with Crippen LogP contribution in [0.4, 0.5) is 0 Å². The summed E-state index contributed by atoms with van der Waals surface area (Å²) >= 11 is 1.42. The largest absolute Gasteiger partial charge is 0.342 e. The Balaban J connectivity index is 1.78. The minimum atomic E-state index is 0.191. The van der Waals surface area contributed by atoms with Gasteiger partial charge in [-0.3, -0.25) is 4.79 Å². The number of nitrogens with one attached hydrogen (secondary N) is 1. The Labute approximate surface area is 123 Å². The fourth-order valence-electron chi connectivity index (χ4n) is 2.16. The van der Waals surface area contributed by atoms with E-state index in [9.17, 15) is 4.79 Å². The topological polar surface area (TPSA) is 75.9 Å². The molecule has 2 heterocycles. The van der Waals surface area contributed by atoms with Gasteiger partial charge in [0.25, 0.3) is 0 Å². The maximum atomic E-state index is 12.1. The maximum Gasteiger partial charge on any atom is 0.233 e. The van der Waals surface area contributed by atoms with Crippen LogP contribution < -0.4 is 5.32 Å². The zero-order valence-corrected chi connectivity index (χ0v) is 12.7. The minimum absolute atomic E-state index is 0.191. The molecule has 1 aromatic heterocycles. The van der Waals surface area contributed by atoms with E-state index in [4.69, 9.17) is 0 Å².